The number of Topliss-reactive ketones (excluding diaryl/α,β-unsaturated/α-hetero) is 1. The third-order valence-electron chi connectivity index (χ3n) is 3.13. The second-order valence-electron chi connectivity index (χ2n) is 5.00. The van der Waals surface area contributed by atoms with Crippen LogP contribution in [0.1, 0.15) is 29.8 Å². The van der Waals surface area contributed by atoms with Crippen LogP contribution in [0.5, 0.6) is 0 Å². The Labute approximate surface area is 137 Å². The molecule has 2 amide bonds. The van der Waals surface area contributed by atoms with Crippen molar-refractivity contribution in [3.05, 3.63) is 35.4 Å². The van der Waals surface area contributed by atoms with Crippen LogP contribution in [0.2, 0.25) is 0 Å². The third kappa shape index (κ3) is 5.44. The molecule has 3 N–H and O–H groups in total. The van der Waals surface area contributed by atoms with E-state index in [1.807, 2.05) is 0 Å². The molecule has 1 aromatic rings. The van der Waals surface area contributed by atoms with Gasteiger partial charge >= 0.3 is 0 Å². The predicted molar refractivity (Wildman–Crippen MR) is 80.4 cm³/mol. The van der Waals surface area contributed by atoms with Crippen molar-refractivity contribution in [3.63, 3.8) is 0 Å². The van der Waals surface area contributed by atoms with E-state index >= 15 is 0 Å². The Morgan fingerprint density at radius 3 is 2.21 bits per heavy atom. The fourth-order valence-electron chi connectivity index (χ4n) is 1.74. The molecule has 8 heteroatoms. The lowest BCUT2D eigenvalue weighted by atomic mass is 10.0. The molecule has 128 valence electrons. The molecule has 0 aliphatic heterocycles. The van der Waals surface area contributed by atoms with E-state index in [9.17, 15) is 23.2 Å². The van der Waals surface area contributed by atoms with Gasteiger partial charge in [0.05, 0.1) is 0 Å². The average Bonchev–Trinajstić information content (AvgIpc) is 2.56. The largest absolute Gasteiger partial charge is 0.340 e. The number of ketones is 1. The number of hydroxylamine groups is 1. The molecular formula is C16H16F2N2O4. The van der Waals surface area contributed by atoms with Crippen molar-refractivity contribution in [2.45, 2.75) is 26.3 Å². The van der Waals surface area contributed by atoms with Crippen molar-refractivity contribution in [3.8, 4) is 11.8 Å². The Morgan fingerprint density at radius 2 is 1.75 bits per heavy atom. The number of hydrogen-bond acceptors (Lipinski definition) is 4. The standard InChI is InChI=1S/C16H16F2N2O4/c1-9(21)3-4-11-5-7-12(8-6-11)15(22)19-13(16(23)20-24)10(2)14(17)18/h5-8,10,13-14,24H,1-2H3,(H,19,22)(H,20,23). The van der Waals surface area contributed by atoms with Crippen molar-refractivity contribution in [1.82, 2.24) is 10.8 Å². The summed E-state index contributed by atoms with van der Waals surface area (Å²) in [5, 5.41) is 10.8. The van der Waals surface area contributed by atoms with Crippen molar-refractivity contribution >= 4 is 17.6 Å². The first kappa shape index (κ1) is 19.3. The summed E-state index contributed by atoms with van der Waals surface area (Å²) in [5.74, 6) is 1.21. The van der Waals surface area contributed by atoms with Crippen LogP contribution in [0.4, 0.5) is 8.78 Å². The molecule has 0 saturated carbocycles. The first-order valence-electron chi connectivity index (χ1n) is 6.92. The number of benzene rings is 1. The van der Waals surface area contributed by atoms with Gasteiger partial charge in [-0.2, -0.15) is 0 Å². The van der Waals surface area contributed by atoms with E-state index in [0.717, 1.165) is 6.92 Å². The van der Waals surface area contributed by atoms with Gasteiger partial charge in [-0.15, -0.1) is 0 Å². The van der Waals surface area contributed by atoms with E-state index in [0.29, 0.717) is 5.56 Å². The summed E-state index contributed by atoms with van der Waals surface area (Å²) < 4.78 is 25.6. The molecule has 0 heterocycles. The van der Waals surface area contributed by atoms with Gasteiger partial charge in [0.1, 0.15) is 6.04 Å². The number of amides is 2. The van der Waals surface area contributed by atoms with E-state index in [-0.39, 0.29) is 11.3 Å². The molecule has 1 rings (SSSR count). The molecule has 2 atom stereocenters. The maximum atomic E-state index is 12.8. The molecule has 0 aromatic heterocycles. The Bertz CT molecular complexity index is 678. The molecule has 1 aromatic carbocycles. The van der Waals surface area contributed by atoms with Gasteiger partial charge in [0.15, 0.2) is 0 Å². The molecule has 0 radical (unpaired) electrons. The number of alkyl halides is 2. The van der Waals surface area contributed by atoms with Crippen LogP contribution in [0.25, 0.3) is 0 Å². The van der Waals surface area contributed by atoms with Gasteiger partial charge in [-0.05, 0) is 30.2 Å². The zero-order valence-electron chi connectivity index (χ0n) is 13.0. The summed E-state index contributed by atoms with van der Waals surface area (Å²) in [4.78, 5) is 34.3. The molecule has 0 saturated heterocycles. The second-order valence-corrected chi connectivity index (χ2v) is 5.00. The van der Waals surface area contributed by atoms with E-state index in [2.05, 4.69) is 17.2 Å². The van der Waals surface area contributed by atoms with Gasteiger partial charge in [0.25, 0.3) is 11.8 Å². The van der Waals surface area contributed by atoms with Gasteiger partial charge in [-0.1, -0.05) is 12.8 Å². The van der Waals surface area contributed by atoms with E-state index in [1.54, 1.807) is 0 Å². The minimum Gasteiger partial charge on any atom is -0.340 e. The number of rotatable bonds is 5. The highest BCUT2D eigenvalue weighted by Gasteiger charge is 2.32. The first-order valence-corrected chi connectivity index (χ1v) is 6.92. The minimum absolute atomic E-state index is 0.112. The molecule has 6 nitrogen and oxygen atoms in total. The molecule has 0 aliphatic carbocycles. The fraction of sp³-hybridized carbons (Fsp3) is 0.312. The highest BCUT2D eigenvalue weighted by atomic mass is 19.3. The molecule has 2 unspecified atom stereocenters. The van der Waals surface area contributed by atoms with Gasteiger partial charge in [0.2, 0.25) is 12.2 Å². The van der Waals surface area contributed by atoms with Crippen LogP contribution in [0, 0.1) is 17.8 Å². The number of carbonyl (C=O) groups excluding carboxylic acids is 3. The lowest BCUT2D eigenvalue weighted by Crippen LogP contribution is -2.51. The van der Waals surface area contributed by atoms with Crippen LogP contribution in [0.15, 0.2) is 24.3 Å². The highest BCUT2D eigenvalue weighted by Crippen LogP contribution is 2.15. The van der Waals surface area contributed by atoms with Gasteiger partial charge < -0.3 is 5.32 Å². The lowest BCUT2D eigenvalue weighted by Gasteiger charge is -2.22. The maximum absolute atomic E-state index is 12.8. The van der Waals surface area contributed by atoms with Crippen LogP contribution in [-0.2, 0) is 9.59 Å². The Morgan fingerprint density at radius 1 is 1.17 bits per heavy atom. The Kier molecular flexibility index (Phi) is 7.01. The second kappa shape index (κ2) is 8.74. The van der Waals surface area contributed by atoms with E-state index < -0.39 is 30.2 Å². The van der Waals surface area contributed by atoms with Crippen LogP contribution in [-0.4, -0.2) is 35.3 Å². The predicted octanol–water partition coefficient (Wildman–Crippen LogP) is 1.13. The van der Waals surface area contributed by atoms with Crippen molar-refractivity contribution in [2.75, 3.05) is 0 Å². The molecule has 0 fully saturated rings. The monoisotopic (exact) mass is 338 g/mol. The van der Waals surface area contributed by atoms with Crippen molar-refractivity contribution in [1.29, 1.82) is 0 Å². The van der Waals surface area contributed by atoms with Crippen LogP contribution >= 0.6 is 0 Å². The summed E-state index contributed by atoms with van der Waals surface area (Å²) in [6.07, 6.45) is -2.86. The number of nitrogens with one attached hydrogen (secondary N) is 2. The zero-order chi connectivity index (χ0) is 18.3. The first-order chi connectivity index (χ1) is 11.3. The Hall–Kier alpha value is -2.79. The summed E-state index contributed by atoms with van der Waals surface area (Å²) in [6, 6.07) is 4.10. The molecule has 0 bridgehead atoms. The number of halogens is 2. The Balaban J connectivity index is 2.90. The highest BCUT2D eigenvalue weighted by molar-refractivity contribution is 5.97. The summed E-state index contributed by atoms with van der Waals surface area (Å²) in [5.41, 5.74) is 1.86. The van der Waals surface area contributed by atoms with Crippen LogP contribution in [0.3, 0.4) is 0 Å². The van der Waals surface area contributed by atoms with Gasteiger partial charge in [-0.3, -0.25) is 19.6 Å². The maximum Gasteiger partial charge on any atom is 0.266 e. The molecule has 24 heavy (non-hydrogen) atoms. The number of hydrogen-bond donors (Lipinski definition) is 3. The number of carbonyl (C=O) groups is 3. The summed E-state index contributed by atoms with van der Waals surface area (Å²) in [7, 11) is 0. The molecule has 0 spiro atoms. The fourth-order valence-corrected chi connectivity index (χ4v) is 1.74. The van der Waals surface area contributed by atoms with Crippen molar-refractivity contribution in [2.24, 2.45) is 5.92 Å². The van der Waals surface area contributed by atoms with Gasteiger partial charge in [-0.25, -0.2) is 14.3 Å². The lowest BCUT2D eigenvalue weighted by molar-refractivity contribution is -0.134. The van der Waals surface area contributed by atoms with Crippen LogP contribution < -0.4 is 10.8 Å². The topological polar surface area (TPSA) is 95.5 Å². The van der Waals surface area contributed by atoms with Gasteiger partial charge in [0, 0.05) is 24.0 Å². The smallest absolute Gasteiger partial charge is 0.266 e. The third-order valence-corrected chi connectivity index (χ3v) is 3.13. The quantitative estimate of drug-likeness (QED) is 0.426. The normalized spacial score (nSPS) is 12.6. The SMILES string of the molecule is CC(=O)C#Cc1ccc(C(=O)NC(C(=O)NO)C(C)C(F)F)cc1. The summed E-state index contributed by atoms with van der Waals surface area (Å²) >= 11 is 0. The van der Waals surface area contributed by atoms with E-state index in [4.69, 9.17) is 5.21 Å². The average molecular weight is 338 g/mol. The zero-order valence-corrected chi connectivity index (χ0v) is 13.0. The minimum atomic E-state index is -2.86. The van der Waals surface area contributed by atoms with E-state index in [1.165, 1.54) is 36.7 Å². The van der Waals surface area contributed by atoms with Crippen molar-refractivity contribution < 1.29 is 28.4 Å². The summed E-state index contributed by atoms with van der Waals surface area (Å²) in [6.45, 7) is 2.39. The molecule has 0 aliphatic rings. The molecular weight excluding hydrogens is 322 g/mol.